The van der Waals surface area contributed by atoms with Gasteiger partial charge in [0.15, 0.2) is 11.5 Å². The third-order valence-electron chi connectivity index (χ3n) is 6.42. The number of pyridine rings is 1. The summed E-state index contributed by atoms with van der Waals surface area (Å²) in [4.78, 5) is 16.1. The molecule has 0 radical (unpaired) electrons. The Balaban J connectivity index is 1.67. The minimum absolute atomic E-state index is 0.0374. The average molecular weight is 512 g/mol. The number of carboxylic acids is 1. The summed E-state index contributed by atoms with van der Waals surface area (Å²) in [6.45, 7) is 10.4. The second kappa shape index (κ2) is 11.4. The highest BCUT2D eigenvalue weighted by Crippen LogP contribution is 2.34. The molecular formula is C31H33N3O4. The Morgan fingerprint density at radius 3 is 2.34 bits per heavy atom. The Labute approximate surface area is 223 Å². The summed E-state index contributed by atoms with van der Waals surface area (Å²) in [7, 11) is 1.67. The predicted octanol–water partition coefficient (Wildman–Crippen LogP) is 6.31. The zero-order valence-corrected chi connectivity index (χ0v) is 22.7. The van der Waals surface area contributed by atoms with Crippen LogP contribution in [-0.2, 0) is 11.4 Å². The molecule has 1 atom stereocenters. The lowest BCUT2D eigenvalue weighted by atomic mass is 9.95. The van der Waals surface area contributed by atoms with E-state index in [0.717, 1.165) is 50.6 Å². The number of aromatic nitrogens is 3. The van der Waals surface area contributed by atoms with Gasteiger partial charge in [0, 0.05) is 23.2 Å². The van der Waals surface area contributed by atoms with Crippen molar-refractivity contribution in [2.75, 3.05) is 7.11 Å². The fourth-order valence-electron chi connectivity index (χ4n) is 4.60. The fourth-order valence-corrected chi connectivity index (χ4v) is 4.60. The number of carboxylic acid groups (broad SMARTS) is 1. The average Bonchev–Trinajstić information content (AvgIpc) is 3.32. The Bertz CT molecular complexity index is 1500. The number of methoxy groups -OCH3 is 1. The van der Waals surface area contributed by atoms with Crippen molar-refractivity contribution in [1.29, 1.82) is 0 Å². The van der Waals surface area contributed by atoms with Crippen LogP contribution < -0.4 is 9.47 Å². The maximum absolute atomic E-state index is 11.2. The molecule has 1 unspecified atom stereocenters. The summed E-state index contributed by atoms with van der Waals surface area (Å²) in [6, 6.07) is 13.6. The zero-order valence-electron chi connectivity index (χ0n) is 22.7. The first-order valence-corrected chi connectivity index (χ1v) is 12.6. The molecule has 0 spiro atoms. The van der Waals surface area contributed by atoms with Crippen LogP contribution >= 0.6 is 0 Å². The second-order valence-electron chi connectivity index (χ2n) is 9.69. The number of aryl methyl sites for hydroxylation is 2. The van der Waals surface area contributed by atoms with Crippen molar-refractivity contribution >= 4 is 11.6 Å². The van der Waals surface area contributed by atoms with Gasteiger partial charge in [0.05, 0.1) is 19.4 Å². The van der Waals surface area contributed by atoms with Crippen molar-refractivity contribution in [3.05, 3.63) is 76.7 Å². The van der Waals surface area contributed by atoms with E-state index in [0.29, 0.717) is 12.4 Å². The van der Waals surface area contributed by atoms with Crippen molar-refractivity contribution in [2.24, 2.45) is 0 Å². The molecular weight excluding hydrogens is 478 g/mol. The Hall–Kier alpha value is -4.31. The van der Waals surface area contributed by atoms with Crippen LogP contribution in [0.3, 0.4) is 0 Å². The van der Waals surface area contributed by atoms with Gasteiger partial charge in [0.1, 0.15) is 18.1 Å². The highest BCUT2D eigenvalue weighted by Gasteiger charge is 2.18. The van der Waals surface area contributed by atoms with E-state index in [1.807, 2.05) is 47.1 Å². The quantitative estimate of drug-likeness (QED) is 0.265. The summed E-state index contributed by atoms with van der Waals surface area (Å²) in [5.74, 6) is 7.07. The maximum Gasteiger partial charge on any atom is 0.304 e. The lowest BCUT2D eigenvalue weighted by Crippen LogP contribution is -2.05. The molecule has 0 bridgehead atoms. The molecule has 0 fully saturated rings. The van der Waals surface area contributed by atoms with Gasteiger partial charge in [-0.3, -0.25) is 4.79 Å². The van der Waals surface area contributed by atoms with Gasteiger partial charge < -0.3 is 14.6 Å². The molecule has 7 heteroatoms. The Kier molecular flexibility index (Phi) is 8.02. The predicted molar refractivity (Wildman–Crippen MR) is 148 cm³/mol. The molecule has 0 aliphatic rings. The van der Waals surface area contributed by atoms with E-state index in [4.69, 9.17) is 19.6 Å². The van der Waals surface area contributed by atoms with E-state index >= 15 is 0 Å². The van der Waals surface area contributed by atoms with Gasteiger partial charge in [-0.05, 0) is 73.4 Å². The topological polar surface area (TPSA) is 86.0 Å². The third-order valence-corrected chi connectivity index (χ3v) is 6.42. The number of ether oxygens (including phenoxy) is 2. The zero-order chi connectivity index (χ0) is 27.4. The van der Waals surface area contributed by atoms with Crippen LogP contribution in [0.4, 0.5) is 0 Å². The maximum atomic E-state index is 11.2. The number of aliphatic carboxylic acids is 1. The van der Waals surface area contributed by atoms with E-state index < -0.39 is 5.97 Å². The summed E-state index contributed by atoms with van der Waals surface area (Å²) >= 11 is 0. The molecule has 0 amide bonds. The smallest absolute Gasteiger partial charge is 0.304 e. The van der Waals surface area contributed by atoms with E-state index in [1.165, 1.54) is 0 Å². The lowest BCUT2D eigenvalue weighted by Gasteiger charge is -2.15. The van der Waals surface area contributed by atoms with Gasteiger partial charge in [0.25, 0.3) is 0 Å². The van der Waals surface area contributed by atoms with Crippen molar-refractivity contribution in [1.82, 2.24) is 14.6 Å². The van der Waals surface area contributed by atoms with Crippen LogP contribution in [0, 0.1) is 25.7 Å². The van der Waals surface area contributed by atoms with Gasteiger partial charge in [-0.15, -0.1) is 5.92 Å². The second-order valence-corrected chi connectivity index (χ2v) is 9.69. The van der Waals surface area contributed by atoms with Gasteiger partial charge >= 0.3 is 5.97 Å². The highest BCUT2D eigenvalue weighted by atomic mass is 16.5. The molecule has 2 aromatic heterocycles. The van der Waals surface area contributed by atoms with Crippen molar-refractivity contribution < 1.29 is 19.4 Å². The Morgan fingerprint density at radius 1 is 1.08 bits per heavy atom. The molecule has 1 N–H and O–H groups in total. The number of hydrogen-bond acceptors (Lipinski definition) is 5. The van der Waals surface area contributed by atoms with Crippen LogP contribution in [0.25, 0.3) is 16.8 Å². The van der Waals surface area contributed by atoms with Gasteiger partial charge in [0.2, 0.25) is 0 Å². The molecule has 38 heavy (non-hydrogen) atoms. The molecule has 2 heterocycles. The van der Waals surface area contributed by atoms with Crippen molar-refractivity contribution in [3.8, 4) is 34.5 Å². The molecule has 2 aromatic carbocycles. The monoisotopic (exact) mass is 511 g/mol. The van der Waals surface area contributed by atoms with Crippen molar-refractivity contribution in [3.63, 3.8) is 0 Å². The molecule has 4 rings (SSSR count). The molecule has 7 nitrogen and oxygen atoms in total. The SMILES string of the molecule is CC#CC(CC(=O)O)c1ccc(OCc2cc(-c3c(C)cc(OC)cc3C)c3nc(C(C)C)nn3c2)cc1. The van der Waals surface area contributed by atoms with Gasteiger partial charge in [-0.2, -0.15) is 5.10 Å². The molecule has 0 aliphatic heterocycles. The molecule has 0 saturated heterocycles. The molecule has 0 aliphatic carbocycles. The number of hydrogen-bond donors (Lipinski definition) is 1. The van der Waals surface area contributed by atoms with Crippen LogP contribution in [0.1, 0.15) is 67.1 Å². The number of benzene rings is 2. The lowest BCUT2D eigenvalue weighted by molar-refractivity contribution is -0.137. The fraction of sp³-hybridized carbons (Fsp3) is 0.323. The first kappa shape index (κ1) is 26.7. The highest BCUT2D eigenvalue weighted by molar-refractivity contribution is 5.82. The van der Waals surface area contributed by atoms with E-state index in [2.05, 4.69) is 45.6 Å². The summed E-state index contributed by atoms with van der Waals surface area (Å²) in [6.07, 6.45) is 1.92. The number of nitrogens with zero attached hydrogens (tertiary/aromatic N) is 3. The normalized spacial score (nSPS) is 11.8. The van der Waals surface area contributed by atoms with E-state index in [9.17, 15) is 9.90 Å². The van der Waals surface area contributed by atoms with Crippen LogP contribution in [0.15, 0.2) is 48.7 Å². The number of rotatable bonds is 9. The van der Waals surface area contributed by atoms with Crippen LogP contribution in [-0.4, -0.2) is 32.8 Å². The Morgan fingerprint density at radius 2 is 1.76 bits per heavy atom. The van der Waals surface area contributed by atoms with Crippen LogP contribution in [0.2, 0.25) is 0 Å². The standard InChI is InChI=1S/C31H33N3O4/c1-7-8-24(16-28(35)36)23-9-11-25(12-10-23)38-18-22-15-27(29-20(4)13-26(37-6)14-21(29)5)31-32-30(19(2)3)33-34(31)17-22/h9-15,17,19,24H,16,18H2,1-6H3,(H,35,36). The molecule has 4 aromatic rings. The minimum Gasteiger partial charge on any atom is -0.497 e. The number of carbonyl (C=O) groups is 1. The third kappa shape index (κ3) is 5.81. The van der Waals surface area contributed by atoms with Gasteiger partial charge in [-0.25, -0.2) is 9.50 Å². The van der Waals surface area contributed by atoms with E-state index in [-0.39, 0.29) is 18.3 Å². The van der Waals surface area contributed by atoms with Crippen molar-refractivity contribution in [2.45, 2.75) is 59.5 Å². The summed E-state index contributed by atoms with van der Waals surface area (Å²) in [5, 5.41) is 13.9. The van der Waals surface area contributed by atoms with E-state index in [1.54, 1.807) is 14.0 Å². The van der Waals surface area contributed by atoms with Crippen LogP contribution in [0.5, 0.6) is 11.5 Å². The molecule has 0 saturated carbocycles. The molecule has 196 valence electrons. The number of fused-ring (bicyclic) bond motifs is 1. The summed E-state index contributed by atoms with van der Waals surface area (Å²) < 4.78 is 13.4. The van der Waals surface area contributed by atoms with Gasteiger partial charge in [-0.1, -0.05) is 31.9 Å². The first-order valence-electron chi connectivity index (χ1n) is 12.6. The minimum atomic E-state index is -0.875. The summed E-state index contributed by atoms with van der Waals surface area (Å²) in [5.41, 5.74) is 6.90. The first-order chi connectivity index (χ1) is 18.2. The largest absolute Gasteiger partial charge is 0.497 e.